The number of nitro groups is 1. The van der Waals surface area contributed by atoms with Crippen LogP contribution < -0.4 is 14.8 Å². The first-order chi connectivity index (χ1) is 34.2. The van der Waals surface area contributed by atoms with Gasteiger partial charge in [-0.1, -0.05) is 97.7 Å². The summed E-state index contributed by atoms with van der Waals surface area (Å²) in [6.45, 7) is 6.91. The predicted octanol–water partition coefficient (Wildman–Crippen LogP) is 10.4. The minimum atomic E-state index is -1.50. The number of unbranched alkanes of at least 4 members (excludes halogenated alkanes) is 2. The van der Waals surface area contributed by atoms with Crippen LogP contribution in [0.2, 0.25) is 0 Å². The van der Waals surface area contributed by atoms with Gasteiger partial charge >= 0.3 is 6.09 Å². The van der Waals surface area contributed by atoms with Crippen LogP contribution in [-0.4, -0.2) is 75.9 Å². The first-order valence-corrected chi connectivity index (χ1v) is 24.4. The largest absolute Gasteiger partial charge is 0.459 e. The molecule has 14 heteroatoms. The summed E-state index contributed by atoms with van der Waals surface area (Å²) in [6, 6.07) is 34.0. The molecule has 3 N–H and O–H groups in total. The van der Waals surface area contributed by atoms with E-state index in [0.717, 1.165) is 53.2 Å². The molecule has 5 aromatic rings. The van der Waals surface area contributed by atoms with Gasteiger partial charge in [-0.15, -0.1) is 6.58 Å². The number of rotatable bonds is 22. The van der Waals surface area contributed by atoms with E-state index in [4.69, 9.17) is 24.2 Å². The Morgan fingerprint density at radius 2 is 1.66 bits per heavy atom. The summed E-state index contributed by atoms with van der Waals surface area (Å²) in [5.41, 5.74) is 4.33. The highest BCUT2D eigenvalue weighted by Crippen LogP contribution is 2.62. The van der Waals surface area contributed by atoms with Crippen LogP contribution in [0, 0.1) is 27.9 Å². The Hall–Kier alpha value is -6.87. The summed E-state index contributed by atoms with van der Waals surface area (Å²) in [6.07, 6.45) is 8.28. The molecular formula is C56H62N4O10. The van der Waals surface area contributed by atoms with Gasteiger partial charge in [-0.25, -0.2) is 4.79 Å². The van der Waals surface area contributed by atoms with Crippen LogP contribution in [0.15, 0.2) is 145 Å². The van der Waals surface area contributed by atoms with Gasteiger partial charge in [0.1, 0.15) is 24.1 Å². The first-order valence-electron chi connectivity index (χ1n) is 24.4. The normalized spacial score (nSPS) is 21.7. The zero-order valence-corrected chi connectivity index (χ0v) is 39.6. The van der Waals surface area contributed by atoms with Crippen LogP contribution in [0.25, 0.3) is 10.8 Å². The van der Waals surface area contributed by atoms with Gasteiger partial charge in [0, 0.05) is 61.9 Å². The van der Waals surface area contributed by atoms with Crippen molar-refractivity contribution in [1.82, 2.24) is 10.2 Å². The number of non-ortho nitro benzene ring substituents is 1. The molecule has 14 nitrogen and oxygen atoms in total. The van der Waals surface area contributed by atoms with Gasteiger partial charge in [0.25, 0.3) is 11.6 Å². The number of aliphatic hydroxyl groups is 2. The van der Waals surface area contributed by atoms with Crippen LogP contribution >= 0.6 is 0 Å². The maximum Gasteiger partial charge on any atom is 0.412 e. The molecule has 2 aliphatic carbocycles. The zero-order valence-electron chi connectivity index (χ0n) is 39.6. The van der Waals surface area contributed by atoms with Gasteiger partial charge in [0.15, 0.2) is 0 Å². The number of carbonyl (C=O) groups excluding carboxylic acids is 2. The van der Waals surface area contributed by atoms with Crippen molar-refractivity contribution in [3.8, 4) is 11.5 Å². The van der Waals surface area contributed by atoms with Crippen molar-refractivity contribution in [3.05, 3.63) is 172 Å². The Bertz CT molecular complexity index is 2690. The van der Waals surface area contributed by atoms with Crippen molar-refractivity contribution in [2.24, 2.45) is 22.9 Å². The number of ether oxygens (including phenoxy) is 3. The summed E-state index contributed by atoms with van der Waals surface area (Å²) >= 11 is 0. The lowest BCUT2D eigenvalue weighted by molar-refractivity contribution is -0.384. The van der Waals surface area contributed by atoms with Gasteiger partial charge in [-0.05, 0) is 114 Å². The number of carbonyl (C=O) groups is 2. The molecule has 0 spiro atoms. The fourth-order valence-electron chi connectivity index (χ4n) is 10.7. The van der Waals surface area contributed by atoms with Crippen molar-refractivity contribution >= 4 is 34.2 Å². The Kier molecular flexibility index (Phi) is 16.4. The second-order valence-electron chi connectivity index (χ2n) is 18.3. The Balaban J connectivity index is 1.29. The number of hydrogen-bond donors (Lipinski definition) is 3. The van der Waals surface area contributed by atoms with Gasteiger partial charge in [-0.2, -0.15) is 0 Å². The molecule has 6 atom stereocenters. The molecule has 366 valence electrons. The number of hydrogen-bond acceptors (Lipinski definition) is 11. The fourth-order valence-corrected chi connectivity index (χ4v) is 10.7. The van der Waals surface area contributed by atoms with E-state index in [1.165, 1.54) is 12.1 Å². The highest BCUT2D eigenvalue weighted by atomic mass is 16.7. The second kappa shape index (κ2) is 23.2. The molecule has 8 rings (SSSR count). The number of allylic oxidation sites excluding steroid dienone is 1. The summed E-state index contributed by atoms with van der Waals surface area (Å²) < 4.78 is 20.5. The lowest BCUT2D eigenvalue weighted by Gasteiger charge is -2.60. The van der Waals surface area contributed by atoms with E-state index < -0.39 is 28.8 Å². The summed E-state index contributed by atoms with van der Waals surface area (Å²) in [5, 5.41) is 41.2. The van der Waals surface area contributed by atoms with Crippen LogP contribution in [0.3, 0.4) is 0 Å². The maximum atomic E-state index is 15.3. The third kappa shape index (κ3) is 10.9. The van der Waals surface area contributed by atoms with E-state index in [-0.39, 0.29) is 68.7 Å². The third-order valence-electron chi connectivity index (χ3n) is 13.8. The first kappa shape index (κ1) is 49.5. The number of benzene rings is 5. The standard InChI is InChI=1S/C56H62N4O10/c1-3-28-59(54(63)43-23-22-40-16-8-9-17-41(40)32-43)51-35-49(58-68-37-39-20-24-44(25-21-39)60(65)66)47-33-42(18-10-12-29-61)46(19-11-13-30-62)52-48-34-45(69-55(64)57-36-38-14-6-5-7-15-38)26-27-50(48)70-56(51,53(47)52)67-31-4-2/h4-9,14-17,20-27,32-34,42,46,51-53,61-62H,2-3,10-13,18-19,28-31,35-37H2,1H3,(H,57,64)/t42-,46+,51-,52+,53+,56+/m0/s1. The number of amides is 2. The number of oxime groups is 1. The number of nitrogens with one attached hydrogen (secondary N) is 1. The molecule has 0 saturated heterocycles. The Morgan fingerprint density at radius 1 is 0.914 bits per heavy atom. The molecule has 1 fully saturated rings. The van der Waals surface area contributed by atoms with Crippen molar-refractivity contribution in [2.45, 2.75) is 89.2 Å². The van der Waals surface area contributed by atoms with E-state index in [1.807, 2.05) is 96.8 Å². The smallest absolute Gasteiger partial charge is 0.412 e. The second-order valence-corrected chi connectivity index (χ2v) is 18.3. The number of fused-ring (bicyclic) bond motifs is 3. The summed E-state index contributed by atoms with van der Waals surface area (Å²) in [4.78, 5) is 47.8. The zero-order chi connectivity index (χ0) is 49.0. The van der Waals surface area contributed by atoms with Gasteiger partial charge in [0.2, 0.25) is 5.79 Å². The van der Waals surface area contributed by atoms with Crippen molar-refractivity contribution < 1.29 is 43.8 Å². The van der Waals surface area contributed by atoms with E-state index >= 15 is 4.79 Å². The number of nitrogens with zero attached hydrogens (tertiary/aromatic N) is 3. The number of aliphatic hydroxyl groups excluding tert-OH is 2. The van der Waals surface area contributed by atoms with Crippen LogP contribution in [0.1, 0.15) is 91.3 Å². The molecule has 1 heterocycles. The minimum Gasteiger partial charge on any atom is -0.459 e. The fraction of sp³-hybridized carbons (Fsp3) is 0.375. The van der Waals surface area contributed by atoms with Crippen LogP contribution in [0.4, 0.5) is 10.5 Å². The lowest BCUT2D eigenvalue weighted by atomic mass is 9.55. The molecule has 2 amide bonds. The van der Waals surface area contributed by atoms with Gasteiger partial charge in [0.05, 0.1) is 23.2 Å². The molecule has 5 aromatic carbocycles. The van der Waals surface area contributed by atoms with E-state index in [1.54, 1.807) is 24.3 Å². The molecule has 1 aliphatic heterocycles. The van der Waals surface area contributed by atoms with Gasteiger partial charge < -0.3 is 39.5 Å². The Labute approximate surface area is 408 Å². The quantitative estimate of drug-likeness (QED) is 0.0261. The summed E-state index contributed by atoms with van der Waals surface area (Å²) in [5.74, 6) is -1.91. The van der Waals surface area contributed by atoms with Crippen molar-refractivity contribution in [3.63, 3.8) is 0 Å². The highest BCUT2D eigenvalue weighted by molar-refractivity contribution is 6.04. The average Bonchev–Trinajstić information content (AvgIpc) is 3.38. The topological polar surface area (TPSA) is 182 Å². The highest BCUT2D eigenvalue weighted by Gasteiger charge is 2.65. The molecule has 70 heavy (non-hydrogen) atoms. The van der Waals surface area contributed by atoms with Crippen LogP contribution in [0.5, 0.6) is 11.5 Å². The van der Waals surface area contributed by atoms with E-state index in [9.17, 15) is 25.1 Å². The Morgan fingerprint density at radius 3 is 2.39 bits per heavy atom. The number of nitro benzene ring substituents is 1. The molecule has 0 unspecified atom stereocenters. The van der Waals surface area contributed by atoms with E-state index in [2.05, 4.69) is 18.0 Å². The lowest BCUT2D eigenvalue weighted by Crippen LogP contribution is -2.70. The molecule has 0 bridgehead atoms. The maximum absolute atomic E-state index is 15.3. The third-order valence-corrected chi connectivity index (χ3v) is 13.8. The monoisotopic (exact) mass is 950 g/mol. The SMILES string of the molecule is C=CCO[C@@]12Oc3ccc(OC(=O)NCc4ccccc4)cc3[C@H]3[C@H](CCCCO)[C@@H](CCCCO)C=C(C(=NOCc4ccc([N+](=O)[O-])cc4)C[C@@H]1N(CCC)C(=O)c1ccc4ccccc4c1)[C@H]32. The molecule has 0 radical (unpaired) electrons. The minimum absolute atomic E-state index is 0.0242. The van der Waals surface area contributed by atoms with Crippen molar-refractivity contribution in [2.75, 3.05) is 26.4 Å². The predicted molar refractivity (Wildman–Crippen MR) is 267 cm³/mol. The molecule has 1 saturated carbocycles. The molecular weight excluding hydrogens is 889 g/mol. The average molecular weight is 951 g/mol. The van der Waals surface area contributed by atoms with Gasteiger partial charge in [-0.3, -0.25) is 14.9 Å². The van der Waals surface area contributed by atoms with Crippen molar-refractivity contribution in [1.29, 1.82) is 0 Å². The molecule has 3 aliphatic rings. The molecule has 0 aromatic heterocycles. The van der Waals surface area contributed by atoms with Crippen LogP contribution in [-0.2, 0) is 22.7 Å². The summed E-state index contributed by atoms with van der Waals surface area (Å²) in [7, 11) is 0. The van der Waals surface area contributed by atoms with E-state index in [0.29, 0.717) is 54.1 Å².